The number of halogens is 8. The molecule has 2 nitrogen and oxygen atoms in total. The molecule has 12 aromatic carbocycles. The Balaban J connectivity index is 1.13. The van der Waals surface area contributed by atoms with Crippen LogP contribution in [-0.4, -0.2) is 0 Å². The Morgan fingerprint density at radius 2 is 0.488 bits per heavy atom. The molecule has 0 N–H and O–H groups in total. The molecule has 0 amide bonds. The molecule has 12 aromatic rings. The van der Waals surface area contributed by atoms with Gasteiger partial charge in [-0.3, -0.25) is 0 Å². The number of hydrogen-bond donors (Lipinski definition) is 0. The Labute approximate surface area is 470 Å². The Kier molecular flexibility index (Phi) is 13.3. The van der Waals surface area contributed by atoms with E-state index in [2.05, 4.69) is 77.9 Å². The first-order valence-corrected chi connectivity index (χ1v) is 26.8. The lowest BCUT2D eigenvalue weighted by atomic mass is 9.87. The second-order valence-electron chi connectivity index (χ2n) is 23.0. The van der Waals surface area contributed by atoms with Crippen LogP contribution < -0.4 is 9.80 Å². The molecule has 0 bridgehead atoms. The Bertz CT molecular complexity index is 3950. The van der Waals surface area contributed by atoms with E-state index in [1.54, 1.807) is 12.1 Å². The van der Waals surface area contributed by atoms with Crippen LogP contribution in [0, 0.1) is 46.5 Å². The first-order chi connectivity index (χ1) is 39.1. The minimum absolute atomic E-state index is 0.204. The van der Waals surface area contributed by atoms with Gasteiger partial charge in [-0.2, -0.15) is 0 Å². The van der Waals surface area contributed by atoms with Crippen LogP contribution in [-0.2, 0) is 10.8 Å². The van der Waals surface area contributed by atoms with Gasteiger partial charge in [0.2, 0.25) is 0 Å². The maximum atomic E-state index is 15.1. The molecule has 82 heavy (non-hydrogen) atoms. The van der Waals surface area contributed by atoms with Crippen LogP contribution in [0.4, 0.5) is 69.2 Å². The molecule has 0 saturated heterocycles. The van der Waals surface area contributed by atoms with E-state index in [1.165, 1.54) is 48.5 Å². The fourth-order valence-corrected chi connectivity index (χ4v) is 11.3. The van der Waals surface area contributed by atoms with Gasteiger partial charge in [0.05, 0.1) is 11.4 Å². The molecule has 0 atom stereocenters. The SMILES string of the molecule is CC(C)(C)c1ccc(N(c2cc(-c3cc(F)cc(F)c3)cc(-c3cc(F)cc(F)c3)c2)c2ccc3ccc4c(N(c5ccc(C(C)(C)C)cc5)c5cc(-c6cc(F)cc(F)c6)cc(-c6cc(F)cc(F)c6)c5)ccc5ccc2c3c54)cc1. The second kappa shape index (κ2) is 20.4. The van der Waals surface area contributed by atoms with E-state index in [0.29, 0.717) is 45.0 Å². The summed E-state index contributed by atoms with van der Waals surface area (Å²) in [6, 6.07) is 56.0. The standard InChI is InChI=1S/C72H52F8N2/c1-71(2,3)51-11-15-61(16-12-51)81(63-33-43(47-25-53(73)37-54(74)26-47)23-44(34-63)48-27-55(75)38-56(76)28-48)67-21-9-41-8-20-66-68(22-10-42-7-19-65(67)69(41)70(42)66)82(62-17-13-52(14-18-62)72(4,5)6)64-35-45(49-29-57(77)39-58(78)30-49)24-46(36-64)50-31-59(79)40-60(80)32-50/h7-40H,1-6H3. The van der Waals surface area contributed by atoms with Crippen molar-refractivity contribution >= 4 is 66.4 Å². The van der Waals surface area contributed by atoms with Gasteiger partial charge in [0.15, 0.2) is 0 Å². The van der Waals surface area contributed by atoms with Crippen molar-refractivity contribution in [3.8, 4) is 44.5 Å². The summed E-state index contributed by atoms with van der Waals surface area (Å²) in [5.74, 6) is -6.35. The third kappa shape index (κ3) is 10.3. The quantitative estimate of drug-likeness (QED) is 0.0995. The van der Waals surface area contributed by atoms with E-state index >= 15 is 35.1 Å². The maximum absolute atomic E-state index is 15.1. The molecule has 0 aliphatic rings. The number of hydrogen-bond acceptors (Lipinski definition) is 2. The van der Waals surface area contributed by atoms with Crippen molar-refractivity contribution in [3.05, 3.63) is 264 Å². The van der Waals surface area contributed by atoms with E-state index in [-0.39, 0.29) is 33.1 Å². The van der Waals surface area contributed by atoms with Crippen LogP contribution in [0.2, 0.25) is 0 Å². The molecule has 0 radical (unpaired) electrons. The van der Waals surface area contributed by atoms with Gasteiger partial charge in [0.25, 0.3) is 0 Å². The average molecular weight is 1100 g/mol. The molecule has 0 aliphatic carbocycles. The van der Waals surface area contributed by atoms with Crippen molar-refractivity contribution in [3.63, 3.8) is 0 Å². The highest BCUT2D eigenvalue weighted by molar-refractivity contribution is 6.28. The monoisotopic (exact) mass is 1100 g/mol. The van der Waals surface area contributed by atoms with Crippen LogP contribution in [0.1, 0.15) is 52.7 Å². The number of benzene rings is 12. The summed E-state index contributed by atoms with van der Waals surface area (Å²) in [6.45, 7) is 12.7. The summed E-state index contributed by atoms with van der Waals surface area (Å²) >= 11 is 0. The molecule has 0 heterocycles. The molecule has 406 valence electrons. The molecule has 12 rings (SSSR count). The molecule has 0 unspecified atom stereocenters. The first-order valence-electron chi connectivity index (χ1n) is 26.8. The summed E-state index contributed by atoms with van der Waals surface area (Å²) in [5, 5.41) is 5.24. The smallest absolute Gasteiger partial charge is 0.126 e. The highest BCUT2D eigenvalue weighted by Gasteiger charge is 2.26. The van der Waals surface area contributed by atoms with Crippen molar-refractivity contribution in [2.24, 2.45) is 0 Å². The molecular weight excluding hydrogens is 1040 g/mol. The highest BCUT2D eigenvalue weighted by Crippen LogP contribution is 2.50. The van der Waals surface area contributed by atoms with Gasteiger partial charge in [-0.05, 0) is 209 Å². The molecule has 0 saturated carbocycles. The Hall–Kier alpha value is -9.28. The van der Waals surface area contributed by atoms with E-state index in [1.807, 2.05) is 94.7 Å². The average Bonchev–Trinajstić information content (AvgIpc) is 1.00. The summed E-state index contributed by atoms with van der Waals surface area (Å²) in [7, 11) is 0. The third-order valence-corrected chi connectivity index (χ3v) is 15.2. The molecule has 0 aliphatic heterocycles. The molecule has 0 fully saturated rings. The van der Waals surface area contributed by atoms with Gasteiger partial charge in [-0.1, -0.05) is 102 Å². The predicted octanol–water partition coefficient (Wildman–Crippen LogP) is 21.9. The van der Waals surface area contributed by atoms with Gasteiger partial charge < -0.3 is 9.80 Å². The van der Waals surface area contributed by atoms with Crippen LogP contribution in [0.15, 0.2) is 206 Å². The lowest BCUT2D eigenvalue weighted by Gasteiger charge is -2.31. The highest BCUT2D eigenvalue weighted by atomic mass is 19.2. The third-order valence-electron chi connectivity index (χ3n) is 15.2. The zero-order chi connectivity index (χ0) is 57.5. The van der Waals surface area contributed by atoms with E-state index in [4.69, 9.17) is 0 Å². The Morgan fingerprint density at radius 3 is 0.744 bits per heavy atom. The van der Waals surface area contributed by atoms with Crippen molar-refractivity contribution in [1.29, 1.82) is 0 Å². The molecular formula is C72H52F8N2. The minimum Gasteiger partial charge on any atom is -0.310 e. The molecule has 10 heteroatoms. The fourth-order valence-electron chi connectivity index (χ4n) is 11.3. The maximum Gasteiger partial charge on any atom is 0.126 e. The van der Waals surface area contributed by atoms with Crippen LogP contribution in [0.3, 0.4) is 0 Å². The van der Waals surface area contributed by atoms with Gasteiger partial charge in [0.1, 0.15) is 46.5 Å². The van der Waals surface area contributed by atoms with Crippen LogP contribution in [0.5, 0.6) is 0 Å². The number of rotatable bonds is 10. The number of anilines is 6. The number of nitrogens with zero attached hydrogens (tertiary/aromatic N) is 2. The van der Waals surface area contributed by atoms with Gasteiger partial charge in [-0.15, -0.1) is 0 Å². The van der Waals surface area contributed by atoms with E-state index < -0.39 is 46.5 Å². The fraction of sp³-hybridized carbons (Fsp3) is 0.111. The largest absolute Gasteiger partial charge is 0.310 e. The van der Waals surface area contributed by atoms with E-state index in [9.17, 15) is 0 Å². The minimum atomic E-state index is -0.794. The lowest BCUT2D eigenvalue weighted by molar-refractivity contribution is 0.583. The molecule has 0 aromatic heterocycles. The van der Waals surface area contributed by atoms with Gasteiger partial charge >= 0.3 is 0 Å². The van der Waals surface area contributed by atoms with Gasteiger partial charge in [-0.25, -0.2) is 35.1 Å². The van der Waals surface area contributed by atoms with Gasteiger partial charge in [0, 0.05) is 57.8 Å². The van der Waals surface area contributed by atoms with Crippen molar-refractivity contribution < 1.29 is 35.1 Å². The predicted molar refractivity (Wildman–Crippen MR) is 318 cm³/mol. The van der Waals surface area contributed by atoms with Crippen LogP contribution >= 0.6 is 0 Å². The zero-order valence-electron chi connectivity index (χ0n) is 45.5. The summed E-state index contributed by atoms with van der Waals surface area (Å²) in [5.41, 5.74) is 8.07. The normalized spacial score (nSPS) is 12.0. The van der Waals surface area contributed by atoms with Crippen LogP contribution in [0.25, 0.3) is 76.8 Å². The van der Waals surface area contributed by atoms with Crippen molar-refractivity contribution in [1.82, 2.24) is 0 Å². The summed E-state index contributed by atoms with van der Waals surface area (Å²) < 4.78 is 121. The second-order valence-corrected chi connectivity index (χ2v) is 23.0. The topological polar surface area (TPSA) is 6.48 Å². The zero-order valence-corrected chi connectivity index (χ0v) is 45.5. The lowest BCUT2D eigenvalue weighted by Crippen LogP contribution is -2.14. The molecule has 0 spiro atoms. The van der Waals surface area contributed by atoms with E-state index in [0.717, 1.165) is 79.1 Å². The van der Waals surface area contributed by atoms with Crippen molar-refractivity contribution in [2.75, 3.05) is 9.80 Å². The summed E-state index contributed by atoms with van der Waals surface area (Å²) in [6.07, 6.45) is 0. The Morgan fingerprint density at radius 1 is 0.244 bits per heavy atom. The first kappa shape index (κ1) is 53.4. The summed E-state index contributed by atoms with van der Waals surface area (Å²) in [4.78, 5) is 4.08. The van der Waals surface area contributed by atoms with Crippen molar-refractivity contribution in [2.45, 2.75) is 52.4 Å².